The first kappa shape index (κ1) is 17.3. The summed E-state index contributed by atoms with van der Waals surface area (Å²) in [4.78, 5) is 12.3. The average molecular weight is 355 g/mol. The van der Waals surface area contributed by atoms with Crippen LogP contribution in [0, 0.1) is 0 Å². The first-order chi connectivity index (χ1) is 10.9. The molecule has 1 amide bonds. The molecule has 2 rings (SSSR count). The largest absolute Gasteiger partial charge is 0.495 e. The van der Waals surface area contributed by atoms with Crippen LogP contribution in [-0.4, -0.2) is 28.5 Å². The zero-order valence-electron chi connectivity index (χ0n) is 12.5. The molecule has 23 heavy (non-hydrogen) atoms. The van der Waals surface area contributed by atoms with Gasteiger partial charge in [-0.1, -0.05) is 11.6 Å². The van der Waals surface area contributed by atoms with Gasteiger partial charge in [0.15, 0.2) is 0 Å². The van der Waals surface area contributed by atoms with Crippen molar-refractivity contribution in [1.29, 1.82) is 0 Å². The number of carbonyl (C=O) groups excluding carboxylic acids is 1. The molecule has 0 unspecified atom stereocenters. The maximum absolute atomic E-state index is 12.2. The number of hydrogen-bond acceptors (Lipinski definition) is 4. The molecule has 0 radical (unpaired) electrons. The molecule has 0 aliphatic carbocycles. The third kappa shape index (κ3) is 4.01. The minimum absolute atomic E-state index is 0.0805. The molecule has 0 saturated carbocycles. The lowest BCUT2D eigenvalue weighted by Crippen LogP contribution is -2.19. The fraction of sp³-hybridized carbons (Fsp3) is 0.133. The minimum Gasteiger partial charge on any atom is -0.495 e. The van der Waals surface area contributed by atoms with Crippen molar-refractivity contribution in [3.63, 3.8) is 0 Å². The first-order valence-electron chi connectivity index (χ1n) is 6.56. The summed E-state index contributed by atoms with van der Waals surface area (Å²) in [6, 6.07) is 10.4. The van der Waals surface area contributed by atoms with E-state index in [2.05, 4.69) is 10.0 Å². The van der Waals surface area contributed by atoms with Gasteiger partial charge in [-0.25, -0.2) is 13.1 Å². The van der Waals surface area contributed by atoms with Gasteiger partial charge in [-0.3, -0.25) is 4.79 Å². The van der Waals surface area contributed by atoms with E-state index >= 15 is 0 Å². The number of halogens is 1. The number of hydrogen-bond donors (Lipinski definition) is 2. The molecular formula is C15H15ClN2O4S. The summed E-state index contributed by atoms with van der Waals surface area (Å²) in [6.45, 7) is 0. The van der Waals surface area contributed by atoms with Gasteiger partial charge < -0.3 is 10.1 Å². The lowest BCUT2D eigenvalue weighted by atomic mass is 10.2. The molecule has 0 atom stereocenters. The normalized spacial score (nSPS) is 11.1. The highest BCUT2D eigenvalue weighted by atomic mass is 35.5. The zero-order chi connectivity index (χ0) is 17.0. The lowest BCUT2D eigenvalue weighted by molar-refractivity contribution is 0.102. The second-order valence-corrected chi connectivity index (χ2v) is 6.85. The molecule has 0 spiro atoms. The van der Waals surface area contributed by atoms with Crippen LogP contribution < -0.4 is 14.8 Å². The van der Waals surface area contributed by atoms with Crippen LogP contribution in [-0.2, 0) is 10.0 Å². The smallest absolute Gasteiger partial charge is 0.255 e. The van der Waals surface area contributed by atoms with Crippen LogP contribution in [0.15, 0.2) is 47.4 Å². The fourth-order valence-electron chi connectivity index (χ4n) is 1.88. The number of anilines is 1. The molecule has 0 heterocycles. The zero-order valence-corrected chi connectivity index (χ0v) is 14.0. The number of sulfonamides is 1. The Morgan fingerprint density at radius 3 is 2.35 bits per heavy atom. The van der Waals surface area contributed by atoms with Crippen molar-refractivity contribution >= 4 is 33.2 Å². The van der Waals surface area contributed by atoms with E-state index in [9.17, 15) is 13.2 Å². The molecule has 0 fully saturated rings. The van der Waals surface area contributed by atoms with Gasteiger partial charge in [-0.15, -0.1) is 0 Å². The maximum atomic E-state index is 12.2. The van der Waals surface area contributed by atoms with Gasteiger partial charge in [0.05, 0.1) is 17.7 Å². The van der Waals surface area contributed by atoms with Crippen LogP contribution in [0.5, 0.6) is 5.75 Å². The van der Waals surface area contributed by atoms with Gasteiger partial charge in [-0.2, -0.15) is 0 Å². The molecule has 0 aliphatic rings. The summed E-state index contributed by atoms with van der Waals surface area (Å²) in [6.07, 6.45) is 0. The van der Waals surface area contributed by atoms with Crippen molar-refractivity contribution in [2.45, 2.75) is 4.90 Å². The highest BCUT2D eigenvalue weighted by molar-refractivity contribution is 7.89. The van der Waals surface area contributed by atoms with Crippen LogP contribution in [0.2, 0.25) is 5.02 Å². The van der Waals surface area contributed by atoms with Gasteiger partial charge in [0.25, 0.3) is 5.91 Å². The van der Waals surface area contributed by atoms with Crippen molar-refractivity contribution in [3.8, 4) is 5.75 Å². The summed E-state index contributed by atoms with van der Waals surface area (Å²) in [5, 5.41) is 3.13. The third-order valence-electron chi connectivity index (χ3n) is 3.11. The summed E-state index contributed by atoms with van der Waals surface area (Å²) < 4.78 is 30.7. The molecule has 2 aromatic rings. The first-order valence-corrected chi connectivity index (χ1v) is 8.42. The molecular weight excluding hydrogens is 340 g/mol. The average Bonchev–Trinajstić information content (AvgIpc) is 2.55. The molecule has 2 N–H and O–H groups in total. The monoisotopic (exact) mass is 354 g/mol. The van der Waals surface area contributed by atoms with E-state index in [1.807, 2.05) is 0 Å². The van der Waals surface area contributed by atoms with E-state index < -0.39 is 15.9 Å². The highest BCUT2D eigenvalue weighted by Crippen LogP contribution is 2.28. The quantitative estimate of drug-likeness (QED) is 0.864. The number of ether oxygens (including phenoxy) is 1. The van der Waals surface area contributed by atoms with Crippen molar-refractivity contribution in [2.75, 3.05) is 19.5 Å². The topological polar surface area (TPSA) is 84.5 Å². The van der Waals surface area contributed by atoms with Crippen LogP contribution in [0.3, 0.4) is 0 Å². The van der Waals surface area contributed by atoms with Crippen LogP contribution in [0.25, 0.3) is 0 Å². The molecule has 0 saturated heterocycles. The van der Waals surface area contributed by atoms with Gasteiger partial charge >= 0.3 is 0 Å². The minimum atomic E-state index is -3.53. The number of benzene rings is 2. The summed E-state index contributed by atoms with van der Waals surface area (Å²) in [7, 11) is -0.732. The molecule has 2 aromatic carbocycles. The van der Waals surface area contributed by atoms with E-state index in [4.69, 9.17) is 16.3 Å². The van der Waals surface area contributed by atoms with Crippen molar-refractivity contribution < 1.29 is 17.9 Å². The highest BCUT2D eigenvalue weighted by Gasteiger charge is 2.14. The number of amides is 1. The van der Waals surface area contributed by atoms with E-state index in [1.165, 1.54) is 38.4 Å². The van der Waals surface area contributed by atoms with Gasteiger partial charge in [0.2, 0.25) is 10.0 Å². The van der Waals surface area contributed by atoms with Gasteiger partial charge in [0.1, 0.15) is 5.75 Å². The Morgan fingerprint density at radius 1 is 1.13 bits per heavy atom. The Bertz CT molecular complexity index is 820. The molecule has 6 nitrogen and oxygen atoms in total. The SMILES string of the molecule is CNS(=O)(=O)c1ccc(C(=O)Nc2cc(Cl)ccc2OC)cc1. The molecule has 0 aliphatic heterocycles. The van der Waals surface area contributed by atoms with Crippen LogP contribution in [0.1, 0.15) is 10.4 Å². The standard InChI is InChI=1S/C15H15ClN2O4S/c1-17-23(20,21)12-6-3-10(4-7-12)15(19)18-13-9-11(16)5-8-14(13)22-2/h3-9,17H,1-2H3,(H,18,19). The lowest BCUT2D eigenvalue weighted by Gasteiger charge is -2.11. The van der Waals surface area contributed by atoms with E-state index in [0.29, 0.717) is 22.0 Å². The summed E-state index contributed by atoms with van der Waals surface area (Å²) in [5.41, 5.74) is 0.735. The van der Waals surface area contributed by atoms with Crippen molar-refractivity contribution in [1.82, 2.24) is 4.72 Å². The Morgan fingerprint density at radius 2 is 1.78 bits per heavy atom. The Kier molecular flexibility index (Phi) is 5.25. The summed E-state index contributed by atoms with van der Waals surface area (Å²) >= 11 is 5.91. The van der Waals surface area contributed by atoms with Gasteiger partial charge in [0, 0.05) is 10.6 Å². The van der Waals surface area contributed by atoms with Gasteiger partial charge in [-0.05, 0) is 49.5 Å². The number of methoxy groups -OCH3 is 1. The number of nitrogens with one attached hydrogen (secondary N) is 2. The molecule has 0 bridgehead atoms. The van der Waals surface area contributed by atoms with E-state index in [-0.39, 0.29) is 4.90 Å². The third-order valence-corrected chi connectivity index (χ3v) is 4.77. The second-order valence-electron chi connectivity index (χ2n) is 4.53. The Labute approximate surface area is 139 Å². The predicted octanol–water partition coefficient (Wildman–Crippen LogP) is 2.51. The van der Waals surface area contributed by atoms with E-state index in [0.717, 1.165) is 0 Å². The van der Waals surface area contributed by atoms with Crippen LogP contribution >= 0.6 is 11.6 Å². The second kappa shape index (κ2) is 6.99. The Balaban J connectivity index is 2.23. The summed E-state index contributed by atoms with van der Waals surface area (Å²) in [5.74, 6) is 0.0658. The maximum Gasteiger partial charge on any atom is 0.255 e. The molecule has 8 heteroatoms. The molecule has 0 aromatic heterocycles. The number of rotatable bonds is 5. The molecule has 122 valence electrons. The van der Waals surface area contributed by atoms with Crippen LogP contribution in [0.4, 0.5) is 5.69 Å². The number of carbonyl (C=O) groups is 1. The van der Waals surface area contributed by atoms with E-state index in [1.54, 1.807) is 18.2 Å². The Hall–Kier alpha value is -2.09. The van der Waals surface area contributed by atoms with Crippen molar-refractivity contribution in [3.05, 3.63) is 53.1 Å². The van der Waals surface area contributed by atoms with Crippen molar-refractivity contribution in [2.24, 2.45) is 0 Å². The fourth-order valence-corrected chi connectivity index (χ4v) is 2.78. The predicted molar refractivity (Wildman–Crippen MR) is 88.6 cm³/mol.